The second-order valence-corrected chi connectivity index (χ2v) is 4.45. The summed E-state index contributed by atoms with van der Waals surface area (Å²) in [7, 11) is 0. The molecule has 0 aliphatic heterocycles. The van der Waals surface area contributed by atoms with Crippen molar-refractivity contribution in [2.24, 2.45) is 17.6 Å². The van der Waals surface area contributed by atoms with Crippen LogP contribution in [0.1, 0.15) is 52.4 Å². The Balaban J connectivity index is 2.35. The highest BCUT2D eigenvalue weighted by atomic mass is 14.6. The lowest BCUT2D eigenvalue weighted by atomic mass is 9.90. The van der Waals surface area contributed by atoms with Crippen molar-refractivity contribution in [2.75, 3.05) is 0 Å². The summed E-state index contributed by atoms with van der Waals surface area (Å²) in [6.45, 7) is 4.58. The first-order chi connectivity index (χ1) is 5.74. The van der Waals surface area contributed by atoms with Gasteiger partial charge in [0.25, 0.3) is 0 Å². The minimum atomic E-state index is 0.468. The maximum Gasteiger partial charge on any atom is 0.00645 e. The molecular weight excluding hydrogens is 146 g/mol. The van der Waals surface area contributed by atoms with Crippen molar-refractivity contribution in [1.82, 2.24) is 0 Å². The lowest BCUT2D eigenvalue weighted by Crippen LogP contribution is -2.28. The standard InChI is InChI=1S/C11H23N/c1-3-11(12)10-6-4-5-9(2)7-8-10/h9-11H,3-8,12H2,1-2H3. The van der Waals surface area contributed by atoms with Crippen molar-refractivity contribution in [1.29, 1.82) is 0 Å². The summed E-state index contributed by atoms with van der Waals surface area (Å²) in [6, 6.07) is 0.468. The lowest BCUT2D eigenvalue weighted by molar-refractivity contribution is 0.362. The quantitative estimate of drug-likeness (QED) is 0.632. The molecule has 1 fully saturated rings. The molecule has 0 saturated heterocycles. The molecule has 0 aromatic rings. The minimum Gasteiger partial charge on any atom is -0.327 e. The molecule has 0 aromatic heterocycles. The Morgan fingerprint density at radius 1 is 1.25 bits per heavy atom. The summed E-state index contributed by atoms with van der Waals surface area (Å²) >= 11 is 0. The summed E-state index contributed by atoms with van der Waals surface area (Å²) in [4.78, 5) is 0. The SMILES string of the molecule is CCC(N)C1CCCC(C)CC1. The van der Waals surface area contributed by atoms with Gasteiger partial charge >= 0.3 is 0 Å². The van der Waals surface area contributed by atoms with Crippen LogP contribution in [-0.4, -0.2) is 6.04 Å². The van der Waals surface area contributed by atoms with Crippen molar-refractivity contribution < 1.29 is 0 Å². The predicted octanol–water partition coefficient (Wildman–Crippen LogP) is 2.94. The first kappa shape index (κ1) is 10.0. The van der Waals surface area contributed by atoms with Gasteiger partial charge in [-0.1, -0.05) is 33.1 Å². The molecule has 1 aliphatic rings. The average molecular weight is 169 g/mol. The monoisotopic (exact) mass is 169 g/mol. The van der Waals surface area contributed by atoms with Crippen molar-refractivity contribution in [3.63, 3.8) is 0 Å². The van der Waals surface area contributed by atoms with Crippen LogP contribution in [0.25, 0.3) is 0 Å². The molecule has 0 amide bonds. The molecule has 0 aromatic carbocycles. The average Bonchev–Trinajstić information content (AvgIpc) is 2.29. The summed E-state index contributed by atoms with van der Waals surface area (Å²) in [6.07, 6.45) is 8.12. The third kappa shape index (κ3) is 2.78. The van der Waals surface area contributed by atoms with Crippen LogP contribution >= 0.6 is 0 Å². The molecule has 0 heterocycles. The Bertz CT molecular complexity index is 122. The van der Waals surface area contributed by atoms with Gasteiger partial charge in [-0.3, -0.25) is 0 Å². The largest absolute Gasteiger partial charge is 0.327 e. The smallest absolute Gasteiger partial charge is 0.00645 e. The van der Waals surface area contributed by atoms with E-state index in [1.54, 1.807) is 0 Å². The molecule has 12 heavy (non-hydrogen) atoms. The van der Waals surface area contributed by atoms with E-state index < -0.39 is 0 Å². The van der Waals surface area contributed by atoms with E-state index in [2.05, 4.69) is 13.8 Å². The Labute approximate surface area is 76.7 Å². The van der Waals surface area contributed by atoms with Gasteiger partial charge in [0.1, 0.15) is 0 Å². The van der Waals surface area contributed by atoms with Gasteiger partial charge in [-0.2, -0.15) is 0 Å². The van der Waals surface area contributed by atoms with Gasteiger partial charge < -0.3 is 5.73 Å². The zero-order valence-corrected chi connectivity index (χ0v) is 8.55. The Hall–Kier alpha value is -0.0400. The second-order valence-electron chi connectivity index (χ2n) is 4.45. The lowest BCUT2D eigenvalue weighted by Gasteiger charge is -2.20. The first-order valence-electron chi connectivity index (χ1n) is 5.49. The molecular formula is C11H23N. The molecule has 1 nitrogen and oxygen atoms in total. The fraction of sp³-hybridized carbons (Fsp3) is 1.00. The molecule has 0 bridgehead atoms. The molecule has 3 atom stereocenters. The van der Waals surface area contributed by atoms with Crippen molar-refractivity contribution >= 4 is 0 Å². The highest BCUT2D eigenvalue weighted by molar-refractivity contribution is 4.75. The fourth-order valence-electron chi connectivity index (χ4n) is 2.28. The normalized spacial score (nSPS) is 34.2. The summed E-state index contributed by atoms with van der Waals surface area (Å²) in [5.74, 6) is 1.76. The zero-order chi connectivity index (χ0) is 8.97. The minimum absolute atomic E-state index is 0.468. The van der Waals surface area contributed by atoms with Crippen LogP contribution in [0.4, 0.5) is 0 Å². The van der Waals surface area contributed by atoms with Gasteiger partial charge in [0.15, 0.2) is 0 Å². The van der Waals surface area contributed by atoms with E-state index in [4.69, 9.17) is 5.73 Å². The number of hydrogen-bond donors (Lipinski definition) is 1. The van der Waals surface area contributed by atoms with Crippen molar-refractivity contribution in [3.05, 3.63) is 0 Å². The van der Waals surface area contributed by atoms with Crippen LogP contribution in [0.3, 0.4) is 0 Å². The van der Waals surface area contributed by atoms with Crippen LogP contribution < -0.4 is 5.73 Å². The van der Waals surface area contributed by atoms with Crippen LogP contribution in [0.15, 0.2) is 0 Å². The second kappa shape index (κ2) is 4.86. The van der Waals surface area contributed by atoms with Gasteiger partial charge in [-0.25, -0.2) is 0 Å². The highest BCUT2D eigenvalue weighted by Gasteiger charge is 2.20. The van der Waals surface area contributed by atoms with Gasteiger partial charge in [0.05, 0.1) is 0 Å². The van der Waals surface area contributed by atoms with E-state index in [1.165, 1.54) is 32.1 Å². The van der Waals surface area contributed by atoms with Gasteiger partial charge in [0.2, 0.25) is 0 Å². The van der Waals surface area contributed by atoms with E-state index in [1.807, 2.05) is 0 Å². The van der Waals surface area contributed by atoms with Gasteiger partial charge in [-0.15, -0.1) is 0 Å². The summed E-state index contributed by atoms with van der Waals surface area (Å²) in [5.41, 5.74) is 6.06. The van der Waals surface area contributed by atoms with Crippen molar-refractivity contribution in [2.45, 2.75) is 58.4 Å². The summed E-state index contributed by atoms with van der Waals surface area (Å²) < 4.78 is 0. The number of rotatable bonds is 2. The molecule has 2 N–H and O–H groups in total. The molecule has 72 valence electrons. The number of hydrogen-bond acceptors (Lipinski definition) is 1. The maximum atomic E-state index is 6.06. The van der Waals surface area contributed by atoms with Gasteiger partial charge in [0, 0.05) is 6.04 Å². The fourth-order valence-corrected chi connectivity index (χ4v) is 2.28. The molecule has 1 rings (SSSR count). The van der Waals surface area contributed by atoms with E-state index in [0.29, 0.717) is 6.04 Å². The van der Waals surface area contributed by atoms with E-state index in [0.717, 1.165) is 18.3 Å². The zero-order valence-electron chi connectivity index (χ0n) is 8.55. The molecule has 1 aliphatic carbocycles. The Morgan fingerprint density at radius 3 is 2.67 bits per heavy atom. The molecule has 1 saturated carbocycles. The van der Waals surface area contributed by atoms with Crippen LogP contribution in [0, 0.1) is 11.8 Å². The summed E-state index contributed by atoms with van der Waals surface area (Å²) in [5, 5.41) is 0. The third-order valence-corrected chi connectivity index (χ3v) is 3.38. The predicted molar refractivity (Wildman–Crippen MR) is 54.0 cm³/mol. The molecule has 1 heteroatoms. The maximum absolute atomic E-state index is 6.06. The van der Waals surface area contributed by atoms with E-state index in [9.17, 15) is 0 Å². The molecule has 3 unspecified atom stereocenters. The van der Waals surface area contributed by atoms with Crippen LogP contribution in [-0.2, 0) is 0 Å². The Kier molecular flexibility index (Phi) is 4.07. The number of nitrogens with two attached hydrogens (primary N) is 1. The topological polar surface area (TPSA) is 26.0 Å². The van der Waals surface area contributed by atoms with Gasteiger partial charge in [-0.05, 0) is 31.1 Å². The third-order valence-electron chi connectivity index (χ3n) is 3.38. The van der Waals surface area contributed by atoms with Crippen LogP contribution in [0.2, 0.25) is 0 Å². The van der Waals surface area contributed by atoms with E-state index in [-0.39, 0.29) is 0 Å². The first-order valence-corrected chi connectivity index (χ1v) is 5.49. The Morgan fingerprint density at radius 2 is 2.00 bits per heavy atom. The van der Waals surface area contributed by atoms with Crippen LogP contribution in [0.5, 0.6) is 0 Å². The van der Waals surface area contributed by atoms with E-state index >= 15 is 0 Å². The van der Waals surface area contributed by atoms with Crippen molar-refractivity contribution in [3.8, 4) is 0 Å². The highest BCUT2D eigenvalue weighted by Crippen LogP contribution is 2.28. The molecule has 0 radical (unpaired) electrons. The molecule has 0 spiro atoms.